The quantitative estimate of drug-likeness (QED) is 0.659. The van der Waals surface area contributed by atoms with E-state index in [1.165, 1.54) is 12.1 Å². The summed E-state index contributed by atoms with van der Waals surface area (Å²) in [5.41, 5.74) is 4.06. The van der Waals surface area contributed by atoms with E-state index in [-0.39, 0.29) is 24.9 Å². The van der Waals surface area contributed by atoms with Gasteiger partial charge in [0.1, 0.15) is 18.3 Å². The first-order valence-corrected chi connectivity index (χ1v) is 10.5. The van der Waals surface area contributed by atoms with Crippen molar-refractivity contribution in [3.63, 3.8) is 0 Å². The molecule has 30 heavy (non-hydrogen) atoms. The molecule has 2 N–H and O–H groups in total. The van der Waals surface area contributed by atoms with Gasteiger partial charge in [0.15, 0.2) is 11.8 Å². The van der Waals surface area contributed by atoms with Gasteiger partial charge in [0.2, 0.25) is 0 Å². The number of aromatic nitrogens is 3. The summed E-state index contributed by atoms with van der Waals surface area (Å²) >= 11 is 6.52. The Morgan fingerprint density at radius 3 is 2.67 bits per heavy atom. The Morgan fingerprint density at radius 2 is 1.90 bits per heavy atom. The number of nitrogens with one attached hydrogen (secondary N) is 1. The lowest BCUT2D eigenvalue weighted by molar-refractivity contribution is 0.00706. The molecule has 3 fully saturated rings. The minimum Gasteiger partial charge on any atom is -0.456 e. The number of rotatable bonds is 4. The second kappa shape index (κ2) is 7.09. The smallest absolute Gasteiger partial charge is 0.296 e. The van der Waals surface area contributed by atoms with Gasteiger partial charge in [-0.2, -0.15) is 4.98 Å². The summed E-state index contributed by atoms with van der Waals surface area (Å²) in [5, 5.41) is 10.4. The zero-order valence-corrected chi connectivity index (χ0v) is 16.9. The van der Waals surface area contributed by atoms with E-state index in [1.54, 1.807) is 0 Å². The zero-order chi connectivity index (χ0) is 20.2. The monoisotopic (exact) mass is 428 g/mol. The van der Waals surface area contributed by atoms with Crippen LogP contribution in [0.25, 0.3) is 22.4 Å². The molecular formula is C21H21ClN4O4. The number of benzene rings is 1. The lowest BCUT2D eigenvalue weighted by atomic mass is 10.1. The fourth-order valence-corrected chi connectivity index (χ4v) is 4.51. The third-order valence-corrected chi connectivity index (χ3v) is 6.30. The summed E-state index contributed by atoms with van der Waals surface area (Å²) in [5.74, 6) is 0. The van der Waals surface area contributed by atoms with Crippen LogP contribution in [0.3, 0.4) is 0 Å². The van der Waals surface area contributed by atoms with Crippen LogP contribution >= 0.6 is 11.6 Å². The molecule has 3 aromatic rings. The summed E-state index contributed by atoms with van der Waals surface area (Å²) in [6.07, 6.45) is -0.356. The largest absolute Gasteiger partial charge is 0.456 e. The van der Waals surface area contributed by atoms with Gasteiger partial charge in [0.25, 0.3) is 6.01 Å². The van der Waals surface area contributed by atoms with Crippen molar-refractivity contribution in [3.05, 3.63) is 35.4 Å². The Labute approximate surface area is 177 Å². The van der Waals surface area contributed by atoms with E-state index in [4.69, 9.17) is 25.8 Å². The van der Waals surface area contributed by atoms with Crippen molar-refractivity contribution >= 4 is 28.5 Å². The highest BCUT2D eigenvalue weighted by atomic mass is 35.5. The molecule has 2 aromatic heterocycles. The van der Waals surface area contributed by atoms with Gasteiger partial charge in [0.05, 0.1) is 29.4 Å². The Morgan fingerprint density at radius 1 is 1.10 bits per heavy atom. The van der Waals surface area contributed by atoms with E-state index >= 15 is 0 Å². The molecule has 0 saturated carbocycles. The van der Waals surface area contributed by atoms with E-state index in [0.29, 0.717) is 34.5 Å². The SMILES string of the molecule is O[C@@H]1COC2C1OC[C@H]2Oc1nc2nc(-c3ccc(N4CCC4)cc3)c(Cl)cc2[nH]1. The predicted octanol–water partition coefficient (Wildman–Crippen LogP) is 2.39. The van der Waals surface area contributed by atoms with Gasteiger partial charge < -0.3 is 29.2 Å². The molecule has 0 bridgehead atoms. The normalized spacial score (nSPS) is 28.0. The van der Waals surface area contributed by atoms with Gasteiger partial charge >= 0.3 is 0 Å². The van der Waals surface area contributed by atoms with Crippen LogP contribution in [0.1, 0.15) is 6.42 Å². The second-order valence-corrected chi connectivity index (χ2v) is 8.35. The van der Waals surface area contributed by atoms with Crippen molar-refractivity contribution in [3.8, 4) is 17.3 Å². The summed E-state index contributed by atoms with van der Waals surface area (Å²) in [7, 11) is 0. The van der Waals surface area contributed by atoms with E-state index in [9.17, 15) is 5.11 Å². The average Bonchev–Trinajstić information content (AvgIpc) is 3.38. The molecule has 156 valence electrons. The van der Waals surface area contributed by atoms with Gasteiger partial charge in [-0.1, -0.05) is 23.7 Å². The third-order valence-electron chi connectivity index (χ3n) is 6.01. The number of pyridine rings is 1. The highest BCUT2D eigenvalue weighted by molar-refractivity contribution is 6.33. The molecule has 8 nitrogen and oxygen atoms in total. The predicted molar refractivity (Wildman–Crippen MR) is 111 cm³/mol. The number of hydrogen-bond acceptors (Lipinski definition) is 7. The van der Waals surface area contributed by atoms with Crippen LogP contribution in [0.5, 0.6) is 6.01 Å². The van der Waals surface area contributed by atoms with Gasteiger partial charge in [-0.05, 0) is 24.6 Å². The van der Waals surface area contributed by atoms with E-state index < -0.39 is 6.10 Å². The number of ether oxygens (including phenoxy) is 3. The molecule has 1 aromatic carbocycles. The molecular weight excluding hydrogens is 408 g/mol. The van der Waals surface area contributed by atoms with Crippen molar-refractivity contribution in [2.24, 2.45) is 0 Å². The molecule has 3 aliphatic rings. The van der Waals surface area contributed by atoms with Crippen molar-refractivity contribution in [1.82, 2.24) is 15.0 Å². The average molecular weight is 429 g/mol. The summed E-state index contributed by atoms with van der Waals surface area (Å²) < 4.78 is 17.2. The van der Waals surface area contributed by atoms with Crippen LogP contribution in [-0.2, 0) is 9.47 Å². The zero-order valence-electron chi connectivity index (χ0n) is 16.1. The van der Waals surface area contributed by atoms with Gasteiger partial charge in [-0.15, -0.1) is 0 Å². The van der Waals surface area contributed by atoms with E-state index in [2.05, 4.69) is 32.0 Å². The molecule has 0 aliphatic carbocycles. The number of halogens is 1. The van der Waals surface area contributed by atoms with Gasteiger partial charge in [0, 0.05) is 24.3 Å². The Bertz CT molecular complexity index is 1080. The van der Waals surface area contributed by atoms with E-state index in [0.717, 1.165) is 18.7 Å². The van der Waals surface area contributed by atoms with Crippen molar-refractivity contribution in [1.29, 1.82) is 0 Å². The number of anilines is 1. The molecule has 0 amide bonds. The maximum atomic E-state index is 9.88. The topological polar surface area (TPSA) is 92.7 Å². The van der Waals surface area contributed by atoms with Crippen LogP contribution in [0.4, 0.5) is 5.69 Å². The van der Waals surface area contributed by atoms with Crippen LogP contribution in [0.2, 0.25) is 5.02 Å². The number of nitrogens with zero attached hydrogens (tertiary/aromatic N) is 3. The first-order chi connectivity index (χ1) is 14.7. The van der Waals surface area contributed by atoms with Crippen molar-refractivity contribution < 1.29 is 19.3 Å². The maximum absolute atomic E-state index is 9.88. The number of H-pyrrole nitrogens is 1. The first kappa shape index (κ1) is 18.4. The highest BCUT2D eigenvalue weighted by Gasteiger charge is 2.48. The Hall–Kier alpha value is -2.39. The standard InChI is InChI=1S/C21H21ClN4O4/c22-13-8-14-20(24-17(13)11-2-4-12(5-3-11)26-6-1-7-26)25-21(23-14)30-16-10-29-18-15(27)9-28-19(16)18/h2-5,8,15-16,18-19,27H,1,6-7,9-10H2,(H,23,24,25)/t15-,16-,18?,19?/m1/s1. The van der Waals surface area contributed by atoms with Gasteiger partial charge in [-0.3, -0.25) is 0 Å². The maximum Gasteiger partial charge on any atom is 0.296 e. The van der Waals surface area contributed by atoms with Crippen molar-refractivity contribution in [2.45, 2.75) is 30.8 Å². The summed E-state index contributed by atoms with van der Waals surface area (Å²) in [6, 6.07) is 10.4. The molecule has 9 heteroatoms. The number of aliphatic hydroxyl groups is 1. The Kier molecular flexibility index (Phi) is 4.35. The third kappa shape index (κ3) is 3.02. The molecule has 0 spiro atoms. The van der Waals surface area contributed by atoms with Crippen LogP contribution in [-0.4, -0.2) is 70.8 Å². The van der Waals surface area contributed by atoms with Crippen molar-refractivity contribution in [2.75, 3.05) is 31.2 Å². The number of imidazole rings is 1. The lowest BCUT2D eigenvalue weighted by Gasteiger charge is -2.33. The molecule has 0 radical (unpaired) electrons. The van der Waals surface area contributed by atoms with Crippen LogP contribution in [0, 0.1) is 0 Å². The van der Waals surface area contributed by atoms with Crippen LogP contribution in [0.15, 0.2) is 30.3 Å². The fraction of sp³-hybridized carbons (Fsp3) is 0.429. The minimum atomic E-state index is -0.616. The number of hydrogen-bond donors (Lipinski definition) is 2. The number of aromatic amines is 1. The minimum absolute atomic E-state index is 0.256. The second-order valence-electron chi connectivity index (χ2n) is 7.94. The van der Waals surface area contributed by atoms with Gasteiger partial charge in [-0.25, -0.2) is 4.98 Å². The molecule has 3 aliphatic heterocycles. The molecule has 5 heterocycles. The number of aliphatic hydroxyl groups excluding tert-OH is 1. The molecule has 3 saturated heterocycles. The lowest BCUT2D eigenvalue weighted by Crippen LogP contribution is -2.36. The first-order valence-electron chi connectivity index (χ1n) is 10.2. The number of fused-ring (bicyclic) bond motifs is 2. The highest BCUT2D eigenvalue weighted by Crippen LogP contribution is 2.33. The van der Waals surface area contributed by atoms with Crippen LogP contribution < -0.4 is 9.64 Å². The molecule has 2 unspecified atom stereocenters. The molecule has 4 atom stereocenters. The fourth-order valence-electron chi connectivity index (χ4n) is 4.25. The van der Waals surface area contributed by atoms with E-state index in [1.807, 2.05) is 18.2 Å². The Balaban J connectivity index is 1.25. The summed E-state index contributed by atoms with van der Waals surface area (Å²) in [4.78, 5) is 14.6. The molecule has 6 rings (SSSR count). The summed E-state index contributed by atoms with van der Waals surface area (Å²) in [6.45, 7) is 2.81.